The van der Waals surface area contributed by atoms with Gasteiger partial charge in [0.25, 0.3) is 0 Å². The van der Waals surface area contributed by atoms with Crippen molar-refractivity contribution in [2.75, 3.05) is 5.43 Å². The molecule has 1 N–H and O–H groups in total. The van der Waals surface area contributed by atoms with Gasteiger partial charge in [-0.15, -0.1) is 0 Å². The van der Waals surface area contributed by atoms with Gasteiger partial charge in [0, 0.05) is 27.7 Å². The Kier molecular flexibility index (Phi) is 6.04. The lowest BCUT2D eigenvalue weighted by Gasteiger charge is -2.13. The van der Waals surface area contributed by atoms with Gasteiger partial charge in [-0.25, -0.2) is 17.6 Å². The minimum Gasteiger partial charge on any atom is -0.318 e. The Labute approximate surface area is 176 Å². The maximum atomic E-state index is 13.9. The van der Waals surface area contributed by atoms with Crippen molar-refractivity contribution in [2.45, 2.75) is 20.0 Å². The predicted octanol–water partition coefficient (Wildman–Crippen LogP) is 6.77. The Bertz CT molecular complexity index is 1140. The van der Waals surface area contributed by atoms with E-state index in [1.807, 2.05) is 4.57 Å². The smallest absolute Gasteiger partial charge is 0.318 e. The molecule has 11 heteroatoms. The molecule has 2 aromatic carbocycles. The van der Waals surface area contributed by atoms with E-state index in [1.54, 1.807) is 49.6 Å². The van der Waals surface area contributed by atoms with Crippen LogP contribution in [-0.2, 0) is 6.18 Å². The van der Waals surface area contributed by atoms with Crippen LogP contribution in [0.2, 0.25) is 5.02 Å². The summed E-state index contributed by atoms with van der Waals surface area (Å²) in [4.78, 5) is 0. The monoisotopic (exact) mass is 463 g/mol. The molecule has 3 rings (SSSR count). The molecule has 164 valence electrons. The van der Waals surface area contributed by atoms with Crippen LogP contribution in [0.1, 0.15) is 22.5 Å². The number of hydrogen-bond donors (Lipinski definition) is 1. The third-order valence-corrected chi connectivity index (χ3v) is 4.73. The van der Waals surface area contributed by atoms with Crippen LogP contribution in [0.15, 0.2) is 35.4 Å². The fourth-order valence-corrected chi connectivity index (χ4v) is 3.18. The first-order valence-corrected chi connectivity index (χ1v) is 8.98. The van der Waals surface area contributed by atoms with Crippen LogP contribution < -0.4 is 5.43 Å². The van der Waals surface area contributed by atoms with E-state index in [1.165, 1.54) is 0 Å². The van der Waals surface area contributed by atoms with E-state index in [9.17, 15) is 30.7 Å². The summed E-state index contributed by atoms with van der Waals surface area (Å²) in [6.07, 6.45) is -4.50. The summed E-state index contributed by atoms with van der Waals surface area (Å²) in [6, 6.07) is 8.57. The topological polar surface area (TPSA) is 29.3 Å². The first-order valence-electron chi connectivity index (χ1n) is 8.60. The molecule has 3 aromatic rings. The van der Waals surface area contributed by atoms with Crippen LogP contribution in [0.4, 0.5) is 36.4 Å². The van der Waals surface area contributed by atoms with Gasteiger partial charge in [-0.3, -0.25) is 5.43 Å². The van der Waals surface area contributed by atoms with Crippen molar-refractivity contribution < 1.29 is 30.7 Å². The summed E-state index contributed by atoms with van der Waals surface area (Å²) in [5.41, 5.74) is 0.294. The zero-order chi connectivity index (χ0) is 23.1. The SMILES string of the molecule is Cc1cc(/C=N\Nc2c(F)c(F)c(C(F)(F)F)c(F)c2F)c(C)n1-c1ccc(Cl)cc1. The highest BCUT2D eigenvalue weighted by Crippen LogP contribution is 2.38. The molecular formula is C20H13ClF7N3. The zero-order valence-corrected chi connectivity index (χ0v) is 16.6. The van der Waals surface area contributed by atoms with Gasteiger partial charge >= 0.3 is 6.18 Å². The lowest BCUT2D eigenvalue weighted by Crippen LogP contribution is -2.16. The molecule has 0 radical (unpaired) electrons. The summed E-state index contributed by atoms with van der Waals surface area (Å²) in [7, 11) is 0. The van der Waals surface area contributed by atoms with Crippen molar-refractivity contribution in [2.24, 2.45) is 5.10 Å². The quantitative estimate of drug-likeness (QED) is 0.197. The van der Waals surface area contributed by atoms with E-state index in [4.69, 9.17) is 11.6 Å². The van der Waals surface area contributed by atoms with Gasteiger partial charge < -0.3 is 4.57 Å². The number of anilines is 1. The van der Waals surface area contributed by atoms with Gasteiger partial charge in [-0.2, -0.15) is 18.3 Å². The lowest BCUT2D eigenvalue weighted by atomic mass is 10.1. The number of rotatable bonds is 4. The summed E-state index contributed by atoms with van der Waals surface area (Å²) in [5, 5.41) is 4.07. The van der Waals surface area contributed by atoms with E-state index in [0.717, 1.165) is 17.6 Å². The number of nitrogens with one attached hydrogen (secondary N) is 1. The van der Waals surface area contributed by atoms with Crippen LogP contribution >= 0.6 is 11.6 Å². The number of nitrogens with zero attached hydrogens (tertiary/aromatic N) is 2. The largest absolute Gasteiger partial charge is 0.422 e. The van der Waals surface area contributed by atoms with Crippen molar-refractivity contribution >= 4 is 23.5 Å². The molecule has 31 heavy (non-hydrogen) atoms. The number of halogens is 8. The van der Waals surface area contributed by atoms with E-state index in [0.29, 0.717) is 16.3 Å². The van der Waals surface area contributed by atoms with Crippen molar-refractivity contribution in [3.8, 4) is 5.69 Å². The fourth-order valence-electron chi connectivity index (χ4n) is 3.05. The van der Waals surface area contributed by atoms with Crippen LogP contribution in [0.3, 0.4) is 0 Å². The maximum Gasteiger partial charge on any atom is 0.422 e. The number of hydrazone groups is 1. The molecule has 0 bridgehead atoms. The molecule has 0 aliphatic carbocycles. The molecule has 1 heterocycles. The first kappa shape index (κ1) is 22.7. The van der Waals surface area contributed by atoms with Crippen LogP contribution in [-0.4, -0.2) is 10.8 Å². The molecule has 0 spiro atoms. The highest BCUT2D eigenvalue weighted by atomic mass is 35.5. The third kappa shape index (κ3) is 4.25. The normalized spacial score (nSPS) is 12.1. The van der Waals surface area contributed by atoms with Crippen molar-refractivity contribution in [3.05, 3.63) is 81.1 Å². The molecular weight excluding hydrogens is 451 g/mol. The Hall–Kier alpha value is -3.01. The Balaban J connectivity index is 1.93. The van der Waals surface area contributed by atoms with E-state index < -0.39 is 40.7 Å². The minimum absolute atomic E-state index is 0.480. The molecule has 0 fully saturated rings. The van der Waals surface area contributed by atoms with Gasteiger partial charge in [0.15, 0.2) is 23.3 Å². The highest BCUT2D eigenvalue weighted by molar-refractivity contribution is 6.30. The lowest BCUT2D eigenvalue weighted by molar-refractivity contribution is -0.143. The molecule has 0 saturated heterocycles. The van der Waals surface area contributed by atoms with E-state index >= 15 is 0 Å². The highest BCUT2D eigenvalue weighted by Gasteiger charge is 2.42. The van der Waals surface area contributed by atoms with Gasteiger partial charge in [0.2, 0.25) is 0 Å². The second kappa shape index (κ2) is 8.26. The molecule has 1 aromatic heterocycles. The molecule has 0 atom stereocenters. The summed E-state index contributed by atoms with van der Waals surface area (Å²) in [6.45, 7) is 3.51. The van der Waals surface area contributed by atoms with Crippen LogP contribution in [0.5, 0.6) is 0 Å². The number of alkyl halides is 3. The molecule has 0 unspecified atom stereocenters. The first-order chi connectivity index (χ1) is 14.4. The standard InChI is InChI=1S/C20H13ClF7N3/c1-9-7-11(10(2)31(9)13-5-3-12(21)4-6-13)8-29-30-19-17(24)15(22)14(20(26,27)28)16(23)18(19)25/h3-8,30H,1-2H3/b29-8-. The molecule has 0 saturated carbocycles. The summed E-state index contributed by atoms with van der Waals surface area (Å²) in [5.74, 6) is -9.61. The predicted molar refractivity (Wildman–Crippen MR) is 103 cm³/mol. The molecule has 0 amide bonds. The minimum atomic E-state index is -5.61. The number of benzene rings is 2. The maximum absolute atomic E-state index is 13.9. The van der Waals surface area contributed by atoms with Crippen LogP contribution in [0.25, 0.3) is 5.69 Å². The second-order valence-corrected chi connectivity index (χ2v) is 6.95. The Morgan fingerprint density at radius 2 is 1.48 bits per heavy atom. The van der Waals surface area contributed by atoms with Crippen molar-refractivity contribution in [3.63, 3.8) is 0 Å². The van der Waals surface area contributed by atoms with Gasteiger partial charge in [-0.05, 0) is 44.2 Å². The van der Waals surface area contributed by atoms with Crippen molar-refractivity contribution in [1.82, 2.24) is 4.57 Å². The average molecular weight is 464 g/mol. The molecule has 3 nitrogen and oxygen atoms in total. The van der Waals surface area contributed by atoms with Gasteiger partial charge in [0.1, 0.15) is 11.3 Å². The van der Waals surface area contributed by atoms with E-state index in [2.05, 4.69) is 5.10 Å². The number of aromatic nitrogens is 1. The van der Waals surface area contributed by atoms with E-state index in [-0.39, 0.29) is 0 Å². The molecule has 0 aliphatic heterocycles. The third-order valence-electron chi connectivity index (χ3n) is 4.48. The Morgan fingerprint density at radius 3 is 2.00 bits per heavy atom. The van der Waals surface area contributed by atoms with Gasteiger partial charge in [-0.1, -0.05) is 11.6 Å². The number of hydrogen-bond acceptors (Lipinski definition) is 2. The fraction of sp³-hybridized carbons (Fsp3) is 0.150. The average Bonchev–Trinajstić information content (AvgIpc) is 2.96. The zero-order valence-electron chi connectivity index (χ0n) is 15.9. The Morgan fingerprint density at radius 1 is 0.935 bits per heavy atom. The summed E-state index contributed by atoms with van der Waals surface area (Å²) >= 11 is 5.88. The number of aryl methyl sites for hydroxylation is 1. The molecule has 0 aliphatic rings. The summed E-state index contributed by atoms with van der Waals surface area (Å²) < 4.78 is 95.0. The second-order valence-electron chi connectivity index (χ2n) is 6.51. The van der Waals surface area contributed by atoms with Crippen LogP contribution in [0, 0.1) is 37.1 Å². The van der Waals surface area contributed by atoms with Gasteiger partial charge in [0.05, 0.1) is 6.21 Å². The van der Waals surface area contributed by atoms with Crippen molar-refractivity contribution in [1.29, 1.82) is 0 Å².